The van der Waals surface area contributed by atoms with Gasteiger partial charge in [0.2, 0.25) is 0 Å². The van der Waals surface area contributed by atoms with Gasteiger partial charge in [-0.05, 0) is 18.4 Å². The van der Waals surface area contributed by atoms with Crippen molar-refractivity contribution in [2.45, 2.75) is 19.2 Å². The summed E-state index contributed by atoms with van der Waals surface area (Å²) < 4.78 is 15.3. The minimum absolute atomic E-state index is 0.00630. The Morgan fingerprint density at radius 1 is 1.42 bits per heavy atom. The zero-order chi connectivity index (χ0) is 10.6. The number of carboxylic acids is 1. The maximum Gasteiger partial charge on any atom is 0.303 e. The maximum absolute atomic E-state index is 10.3. The first-order valence-corrected chi connectivity index (χ1v) is 3.80. The Morgan fingerprint density at radius 3 is 2.67 bits per heavy atom. The second-order valence-corrected chi connectivity index (χ2v) is 2.44. The van der Waals surface area contributed by atoms with E-state index in [1.165, 1.54) is 0 Å². The molecule has 2 nitrogen and oxygen atoms in total. The summed E-state index contributed by atoms with van der Waals surface area (Å²) in [6.45, 7) is 0. The van der Waals surface area contributed by atoms with Crippen LogP contribution in [0.5, 0.6) is 0 Å². The number of aliphatic carboxylic acids is 1. The van der Waals surface area contributed by atoms with Gasteiger partial charge in [0.25, 0.3) is 0 Å². The summed E-state index contributed by atoms with van der Waals surface area (Å²) in [5.41, 5.74) is 0.529. The predicted octanol–water partition coefficient (Wildman–Crippen LogP) is 2.09. The molecule has 0 amide bonds. The number of carboxylic acid groups (broad SMARTS) is 1. The van der Waals surface area contributed by atoms with Crippen LogP contribution in [0, 0.1) is 0 Å². The second-order valence-electron chi connectivity index (χ2n) is 2.44. The van der Waals surface area contributed by atoms with Crippen LogP contribution in [-0.4, -0.2) is 11.1 Å². The highest BCUT2D eigenvalue weighted by molar-refractivity contribution is 5.66. The molecule has 0 atom stereocenters. The molecule has 0 aliphatic rings. The highest BCUT2D eigenvalue weighted by Crippen LogP contribution is 2.03. The van der Waals surface area contributed by atoms with Gasteiger partial charge in [-0.3, -0.25) is 4.79 Å². The van der Waals surface area contributed by atoms with Crippen molar-refractivity contribution in [1.29, 1.82) is 0 Å². The number of hydrogen-bond donors (Lipinski definition) is 1. The number of benzene rings is 1. The first-order valence-electron chi connectivity index (χ1n) is 4.80. The van der Waals surface area contributed by atoms with Crippen LogP contribution in [0.2, 0.25) is 0 Å². The van der Waals surface area contributed by atoms with E-state index in [1.54, 1.807) is 30.3 Å². The SMILES string of the molecule is [2H]C([2H])(CCC(=O)O)c1ccccc1. The van der Waals surface area contributed by atoms with Crippen LogP contribution in [0.25, 0.3) is 0 Å². The Balaban J connectivity index is 2.70. The molecule has 0 radical (unpaired) electrons. The molecule has 0 heterocycles. The molecule has 0 saturated carbocycles. The molecule has 1 aromatic rings. The van der Waals surface area contributed by atoms with Crippen LogP contribution >= 0.6 is 0 Å². The maximum atomic E-state index is 10.3. The predicted molar refractivity (Wildman–Crippen MR) is 47.0 cm³/mol. The van der Waals surface area contributed by atoms with Crippen LogP contribution in [0.1, 0.15) is 21.1 Å². The average Bonchev–Trinajstić information content (AvgIpc) is 2.16. The van der Waals surface area contributed by atoms with Crippen molar-refractivity contribution in [3.63, 3.8) is 0 Å². The average molecular weight is 166 g/mol. The molecule has 1 aromatic carbocycles. The van der Waals surface area contributed by atoms with Crippen molar-refractivity contribution in [3.8, 4) is 0 Å². The molecule has 0 fully saturated rings. The molecule has 12 heavy (non-hydrogen) atoms. The summed E-state index contributed by atoms with van der Waals surface area (Å²) in [6, 6.07) is 8.63. The zero-order valence-corrected chi connectivity index (χ0v) is 6.66. The van der Waals surface area contributed by atoms with Gasteiger partial charge < -0.3 is 5.11 Å². The largest absolute Gasteiger partial charge is 0.481 e. The quantitative estimate of drug-likeness (QED) is 0.743. The highest BCUT2D eigenvalue weighted by Gasteiger charge is 1.96. The Bertz CT molecular complexity index is 309. The summed E-state index contributed by atoms with van der Waals surface area (Å²) in [5, 5.41) is 8.46. The highest BCUT2D eigenvalue weighted by atomic mass is 16.4. The minimum Gasteiger partial charge on any atom is -0.481 e. The van der Waals surface area contributed by atoms with Gasteiger partial charge in [0, 0.05) is 9.16 Å². The molecular formula is C10H12O2. The van der Waals surface area contributed by atoms with E-state index in [0.29, 0.717) is 5.56 Å². The summed E-state index contributed by atoms with van der Waals surface area (Å²) in [6.07, 6.45) is -1.70. The third kappa shape index (κ3) is 3.19. The van der Waals surface area contributed by atoms with E-state index in [9.17, 15) is 4.79 Å². The fraction of sp³-hybridized carbons (Fsp3) is 0.300. The smallest absolute Gasteiger partial charge is 0.303 e. The fourth-order valence-corrected chi connectivity index (χ4v) is 0.870. The number of carbonyl (C=O) groups is 1. The van der Waals surface area contributed by atoms with Crippen molar-refractivity contribution in [2.75, 3.05) is 0 Å². The van der Waals surface area contributed by atoms with Gasteiger partial charge in [-0.2, -0.15) is 0 Å². The van der Waals surface area contributed by atoms with E-state index in [4.69, 9.17) is 7.85 Å². The third-order valence-electron chi connectivity index (χ3n) is 1.44. The van der Waals surface area contributed by atoms with Crippen LogP contribution < -0.4 is 0 Å². The molecule has 0 aliphatic carbocycles. The monoisotopic (exact) mass is 166 g/mol. The fourth-order valence-electron chi connectivity index (χ4n) is 0.870. The molecule has 1 rings (SSSR count). The lowest BCUT2D eigenvalue weighted by Crippen LogP contribution is -1.95. The lowest BCUT2D eigenvalue weighted by molar-refractivity contribution is -0.137. The summed E-state index contributed by atoms with van der Waals surface area (Å²) >= 11 is 0. The Labute approximate surface area is 74.7 Å². The molecule has 0 saturated heterocycles. The molecule has 0 aliphatic heterocycles. The van der Waals surface area contributed by atoms with Crippen molar-refractivity contribution in [2.24, 2.45) is 0 Å². The Hall–Kier alpha value is -1.31. The van der Waals surface area contributed by atoms with Gasteiger partial charge in [0.1, 0.15) is 0 Å². The number of hydrogen-bond acceptors (Lipinski definition) is 1. The molecule has 0 spiro atoms. The van der Waals surface area contributed by atoms with E-state index < -0.39 is 12.3 Å². The lowest BCUT2D eigenvalue weighted by atomic mass is 10.1. The van der Waals surface area contributed by atoms with Gasteiger partial charge in [-0.15, -0.1) is 0 Å². The minimum atomic E-state index is -1.56. The van der Waals surface area contributed by atoms with E-state index in [1.807, 2.05) is 0 Å². The summed E-state index contributed by atoms with van der Waals surface area (Å²) in [4.78, 5) is 10.3. The van der Waals surface area contributed by atoms with Gasteiger partial charge >= 0.3 is 5.97 Å². The van der Waals surface area contributed by atoms with Gasteiger partial charge in [-0.25, -0.2) is 0 Å². The Morgan fingerprint density at radius 2 is 2.08 bits per heavy atom. The molecule has 0 bridgehead atoms. The van der Waals surface area contributed by atoms with Gasteiger partial charge in [0.05, 0.1) is 0 Å². The number of aryl methyl sites for hydroxylation is 1. The second kappa shape index (κ2) is 4.54. The van der Waals surface area contributed by atoms with Crippen molar-refractivity contribution < 1.29 is 12.6 Å². The first kappa shape index (κ1) is 6.23. The molecule has 0 aromatic heterocycles. The van der Waals surface area contributed by atoms with Gasteiger partial charge in [-0.1, -0.05) is 30.3 Å². The molecule has 2 heteroatoms. The van der Waals surface area contributed by atoms with Crippen LogP contribution in [0.4, 0.5) is 0 Å². The standard InChI is InChI=1S/C10H12O2/c11-10(12)8-4-7-9-5-2-1-3-6-9/h1-3,5-6H,4,7-8H2,(H,11,12)/i7D2. The first-order chi connectivity index (χ1) is 6.52. The van der Waals surface area contributed by atoms with Crippen molar-refractivity contribution in [3.05, 3.63) is 35.9 Å². The third-order valence-corrected chi connectivity index (χ3v) is 1.44. The zero-order valence-electron chi connectivity index (χ0n) is 8.66. The van der Waals surface area contributed by atoms with E-state index in [0.717, 1.165) is 0 Å². The van der Waals surface area contributed by atoms with E-state index in [-0.39, 0.29) is 12.8 Å². The van der Waals surface area contributed by atoms with E-state index >= 15 is 0 Å². The van der Waals surface area contributed by atoms with Crippen molar-refractivity contribution in [1.82, 2.24) is 0 Å². The summed E-state index contributed by atoms with van der Waals surface area (Å²) in [5.74, 6) is -0.968. The normalized spacial score (nSPS) is 13.3. The van der Waals surface area contributed by atoms with Crippen LogP contribution in [-0.2, 0) is 11.2 Å². The lowest BCUT2D eigenvalue weighted by Gasteiger charge is -1.97. The molecule has 0 unspecified atom stereocenters. The topological polar surface area (TPSA) is 37.3 Å². The molecule has 64 valence electrons. The van der Waals surface area contributed by atoms with Crippen LogP contribution in [0.15, 0.2) is 30.3 Å². The van der Waals surface area contributed by atoms with E-state index in [2.05, 4.69) is 0 Å². The number of rotatable bonds is 4. The van der Waals surface area contributed by atoms with Crippen LogP contribution in [0.3, 0.4) is 0 Å². The molecular weight excluding hydrogens is 152 g/mol. The van der Waals surface area contributed by atoms with Gasteiger partial charge in [0.15, 0.2) is 0 Å². The summed E-state index contributed by atoms with van der Waals surface area (Å²) in [7, 11) is 0. The Kier molecular flexibility index (Phi) is 2.36. The molecule has 1 N–H and O–H groups in total. The van der Waals surface area contributed by atoms with Crippen molar-refractivity contribution >= 4 is 5.97 Å².